The molecule has 0 spiro atoms. The maximum absolute atomic E-state index is 6.35. The van der Waals surface area contributed by atoms with Gasteiger partial charge in [-0.05, 0) is 6.07 Å². The molecule has 88 valence electrons. The van der Waals surface area contributed by atoms with E-state index in [9.17, 15) is 0 Å². The molecular formula is C15H10ClNO. The van der Waals surface area contributed by atoms with Crippen molar-refractivity contribution < 1.29 is 4.42 Å². The van der Waals surface area contributed by atoms with Gasteiger partial charge in [0.25, 0.3) is 0 Å². The summed E-state index contributed by atoms with van der Waals surface area (Å²) in [4.78, 5) is 0. The van der Waals surface area contributed by atoms with Crippen molar-refractivity contribution in [1.82, 2.24) is 0 Å². The molecule has 2 aromatic carbocycles. The molecule has 0 bridgehead atoms. The second kappa shape index (κ2) is 3.53. The van der Waals surface area contributed by atoms with Crippen LogP contribution in [0, 0.1) is 0 Å². The van der Waals surface area contributed by atoms with Gasteiger partial charge in [0.1, 0.15) is 5.58 Å². The quantitative estimate of drug-likeness (QED) is 0.631. The molecule has 0 amide bonds. The second-order valence-corrected chi connectivity index (χ2v) is 4.82. The largest absolute Gasteiger partial charge is 0.439 e. The summed E-state index contributed by atoms with van der Waals surface area (Å²) in [6.45, 7) is 0.804. The minimum Gasteiger partial charge on any atom is -0.439 e. The lowest BCUT2D eigenvalue weighted by molar-refractivity contribution is 0.631. The number of benzene rings is 2. The summed E-state index contributed by atoms with van der Waals surface area (Å²) in [5, 5.41) is 7.16. The van der Waals surface area contributed by atoms with Gasteiger partial charge in [0, 0.05) is 33.3 Å². The van der Waals surface area contributed by atoms with Gasteiger partial charge in [-0.15, -0.1) is 0 Å². The first-order valence-electron chi connectivity index (χ1n) is 5.89. The molecule has 0 saturated carbocycles. The van der Waals surface area contributed by atoms with Crippen molar-refractivity contribution >= 4 is 45.3 Å². The average molecular weight is 256 g/mol. The zero-order chi connectivity index (χ0) is 12.1. The molecule has 1 N–H and O–H groups in total. The Bertz CT molecular complexity index is 801. The van der Waals surface area contributed by atoms with Crippen LogP contribution in [-0.4, -0.2) is 6.54 Å². The molecule has 0 fully saturated rings. The Morgan fingerprint density at radius 2 is 1.94 bits per heavy atom. The summed E-state index contributed by atoms with van der Waals surface area (Å²) in [6.07, 6.45) is 4.17. The van der Waals surface area contributed by atoms with Crippen LogP contribution in [0.2, 0.25) is 5.02 Å². The van der Waals surface area contributed by atoms with Crippen LogP contribution >= 0.6 is 11.6 Å². The van der Waals surface area contributed by atoms with Crippen molar-refractivity contribution in [2.45, 2.75) is 0 Å². The highest BCUT2D eigenvalue weighted by atomic mass is 35.5. The van der Waals surface area contributed by atoms with Crippen molar-refractivity contribution in [3.05, 3.63) is 47.0 Å². The molecule has 1 aliphatic rings. The molecule has 3 heteroatoms. The van der Waals surface area contributed by atoms with E-state index in [1.54, 1.807) is 0 Å². The van der Waals surface area contributed by atoms with Crippen LogP contribution in [0.1, 0.15) is 5.56 Å². The Hall–Kier alpha value is -1.93. The Balaban J connectivity index is 2.24. The summed E-state index contributed by atoms with van der Waals surface area (Å²) < 4.78 is 5.94. The van der Waals surface area contributed by atoms with E-state index in [0.29, 0.717) is 0 Å². The summed E-state index contributed by atoms with van der Waals surface area (Å²) in [7, 11) is 0. The van der Waals surface area contributed by atoms with Crippen LogP contribution in [0.4, 0.5) is 5.88 Å². The smallest absolute Gasteiger partial charge is 0.201 e. The van der Waals surface area contributed by atoms with Crippen LogP contribution in [0.25, 0.3) is 27.8 Å². The van der Waals surface area contributed by atoms with E-state index in [2.05, 4.69) is 17.5 Å². The van der Waals surface area contributed by atoms with E-state index in [1.165, 1.54) is 0 Å². The Kier molecular flexibility index (Phi) is 1.97. The van der Waals surface area contributed by atoms with Crippen molar-refractivity contribution in [2.75, 3.05) is 11.9 Å². The number of hydrogen-bond donors (Lipinski definition) is 1. The number of furan rings is 1. The minimum atomic E-state index is 0.765. The molecule has 1 aromatic heterocycles. The number of fused-ring (bicyclic) bond motifs is 5. The second-order valence-electron chi connectivity index (χ2n) is 4.41. The third kappa shape index (κ3) is 1.24. The highest BCUT2D eigenvalue weighted by Gasteiger charge is 2.17. The van der Waals surface area contributed by atoms with E-state index >= 15 is 0 Å². The van der Waals surface area contributed by atoms with Gasteiger partial charge in [-0.1, -0.05) is 48.0 Å². The molecule has 0 unspecified atom stereocenters. The zero-order valence-electron chi connectivity index (χ0n) is 9.53. The van der Waals surface area contributed by atoms with E-state index in [-0.39, 0.29) is 0 Å². The number of anilines is 1. The predicted molar refractivity (Wildman–Crippen MR) is 76.3 cm³/mol. The summed E-state index contributed by atoms with van der Waals surface area (Å²) >= 11 is 6.35. The third-order valence-corrected chi connectivity index (χ3v) is 3.66. The van der Waals surface area contributed by atoms with Gasteiger partial charge in [-0.3, -0.25) is 0 Å². The highest BCUT2D eigenvalue weighted by molar-refractivity contribution is 6.37. The van der Waals surface area contributed by atoms with Crippen LogP contribution < -0.4 is 5.32 Å². The molecule has 2 nitrogen and oxygen atoms in total. The Morgan fingerprint density at radius 1 is 1.11 bits per heavy atom. The van der Waals surface area contributed by atoms with Gasteiger partial charge in [-0.2, -0.15) is 0 Å². The van der Waals surface area contributed by atoms with Crippen LogP contribution in [0.3, 0.4) is 0 Å². The van der Waals surface area contributed by atoms with Crippen molar-refractivity contribution in [3.63, 3.8) is 0 Å². The molecule has 0 radical (unpaired) electrons. The lowest BCUT2D eigenvalue weighted by Gasteiger charge is -2.04. The standard InChI is InChI=1S/C15H10ClNO/c16-13-8-12-11-6-3-7-17-15(11)18-14(12)10-5-2-1-4-9(10)13/h1-6,8,17H,7H2. The van der Waals surface area contributed by atoms with Crippen LogP contribution in [0.5, 0.6) is 0 Å². The first kappa shape index (κ1) is 10.0. The van der Waals surface area contributed by atoms with Crippen molar-refractivity contribution in [1.29, 1.82) is 0 Å². The average Bonchev–Trinajstić information content (AvgIpc) is 2.78. The topological polar surface area (TPSA) is 25.2 Å². The van der Waals surface area contributed by atoms with Crippen molar-refractivity contribution in [2.24, 2.45) is 0 Å². The van der Waals surface area contributed by atoms with Crippen LogP contribution in [-0.2, 0) is 0 Å². The fourth-order valence-corrected chi connectivity index (χ4v) is 2.79. The van der Waals surface area contributed by atoms with Gasteiger partial charge in [-0.25, -0.2) is 0 Å². The summed E-state index contributed by atoms with van der Waals surface area (Å²) in [5.74, 6) is 0.833. The van der Waals surface area contributed by atoms with E-state index in [4.69, 9.17) is 16.0 Å². The molecule has 3 aromatic rings. The predicted octanol–water partition coefficient (Wildman–Crippen LogP) is 4.68. The van der Waals surface area contributed by atoms with Gasteiger partial charge in [0.2, 0.25) is 5.88 Å². The summed E-state index contributed by atoms with van der Waals surface area (Å²) in [5.41, 5.74) is 1.99. The molecule has 0 atom stereocenters. The first-order chi connectivity index (χ1) is 8.84. The fraction of sp³-hybridized carbons (Fsp3) is 0.0667. The molecule has 1 aliphatic heterocycles. The lowest BCUT2D eigenvalue weighted by atomic mass is 10.0. The maximum Gasteiger partial charge on any atom is 0.201 e. The van der Waals surface area contributed by atoms with Gasteiger partial charge in [0.05, 0.1) is 0 Å². The number of hydrogen-bond acceptors (Lipinski definition) is 2. The molecular weight excluding hydrogens is 246 g/mol. The lowest BCUT2D eigenvalue weighted by Crippen LogP contribution is -2.01. The molecule has 18 heavy (non-hydrogen) atoms. The Morgan fingerprint density at radius 3 is 2.83 bits per heavy atom. The van der Waals surface area contributed by atoms with E-state index < -0.39 is 0 Å². The van der Waals surface area contributed by atoms with Crippen LogP contribution in [0.15, 0.2) is 40.8 Å². The van der Waals surface area contributed by atoms with E-state index in [0.717, 1.165) is 44.8 Å². The monoisotopic (exact) mass is 255 g/mol. The molecule has 4 rings (SSSR count). The minimum absolute atomic E-state index is 0.765. The Labute approximate surface area is 109 Å². The first-order valence-corrected chi connectivity index (χ1v) is 6.26. The fourth-order valence-electron chi connectivity index (χ4n) is 2.52. The number of nitrogens with one attached hydrogen (secondary N) is 1. The number of halogens is 1. The van der Waals surface area contributed by atoms with Crippen molar-refractivity contribution in [3.8, 4) is 0 Å². The SMILES string of the molecule is Clc1cc2c3c(oc2c2ccccc12)NCC=C3. The van der Waals surface area contributed by atoms with Gasteiger partial charge >= 0.3 is 0 Å². The van der Waals surface area contributed by atoms with Gasteiger partial charge in [0.15, 0.2) is 0 Å². The molecule has 0 saturated heterocycles. The third-order valence-electron chi connectivity index (χ3n) is 3.35. The summed E-state index contributed by atoms with van der Waals surface area (Å²) in [6, 6.07) is 10.0. The maximum atomic E-state index is 6.35. The zero-order valence-corrected chi connectivity index (χ0v) is 10.3. The van der Waals surface area contributed by atoms with E-state index in [1.807, 2.05) is 30.3 Å². The highest BCUT2D eigenvalue weighted by Crippen LogP contribution is 2.39. The van der Waals surface area contributed by atoms with Gasteiger partial charge < -0.3 is 9.73 Å². The number of rotatable bonds is 0. The normalized spacial score (nSPS) is 13.8. The molecule has 2 heterocycles. The molecule has 0 aliphatic carbocycles.